The van der Waals surface area contributed by atoms with Crippen LogP contribution in [0.15, 0.2) is 30.3 Å². The first-order valence-corrected chi connectivity index (χ1v) is 8.83. The van der Waals surface area contributed by atoms with Crippen LogP contribution in [0, 0.1) is 0 Å². The summed E-state index contributed by atoms with van der Waals surface area (Å²) in [4.78, 5) is 2.74. The molecule has 0 aromatic heterocycles. The summed E-state index contributed by atoms with van der Waals surface area (Å²) in [6, 6.07) is 12.9. The van der Waals surface area contributed by atoms with Crippen LogP contribution in [-0.2, 0) is 0 Å². The van der Waals surface area contributed by atoms with Gasteiger partial charge in [-0.1, -0.05) is 43.2 Å². The summed E-state index contributed by atoms with van der Waals surface area (Å²) >= 11 is 0. The second-order valence-corrected chi connectivity index (χ2v) is 7.33. The molecule has 4 rings (SSSR count). The molecule has 2 heterocycles. The quantitative estimate of drug-likeness (QED) is 0.895. The number of hydrogen-bond donors (Lipinski definition) is 1. The van der Waals surface area contributed by atoms with Crippen LogP contribution < -0.4 is 0 Å². The molecule has 0 amide bonds. The van der Waals surface area contributed by atoms with E-state index in [0.717, 1.165) is 12.3 Å². The van der Waals surface area contributed by atoms with Crippen molar-refractivity contribution in [3.63, 3.8) is 0 Å². The lowest BCUT2D eigenvalue weighted by Gasteiger charge is -2.46. The third kappa shape index (κ3) is 2.53. The minimum Gasteiger partial charge on any atom is -0.391 e. The molecule has 2 nitrogen and oxygen atoms in total. The Morgan fingerprint density at radius 1 is 0.857 bits per heavy atom. The number of aliphatic hydroxyl groups is 1. The third-order valence-corrected chi connectivity index (χ3v) is 6.14. The molecule has 1 N–H and O–H groups in total. The van der Waals surface area contributed by atoms with Gasteiger partial charge in [0.15, 0.2) is 0 Å². The van der Waals surface area contributed by atoms with Crippen LogP contribution in [0.4, 0.5) is 0 Å². The highest BCUT2D eigenvalue weighted by Crippen LogP contribution is 2.45. The summed E-state index contributed by atoms with van der Waals surface area (Å²) in [6.45, 7) is 0. The lowest BCUT2D eigenvalue weighted by atomic mass is 9.82. The van der Waals surface area contributed by atoms with E-state index in [1.165, 1.54) is 50.5 Å². The Balaban J connectivity index is 1.51. The number of fused-ring (bicyclic) bond motifs is 2. The SMILES string of the molecule is O[C@@H]1CCCC[C@H]1N1[C@H]2CC[C@H]1CC(c1ccccc1)C2. The van der Waals surface area contributed by atoms with E-state index in [1.807, 2.05) is 0 Å². The molecule has 1 saturated carbocycles. The summed E-state index contributed by atoms with van der Waals surface area (Å²) in [5.41, 5.74) is 1.53. The van der Waals surface area contributed by atoms with Crippen molar-refractivity contribution in [1.82, 2.24) is 4.90 Å². The standard InChI is InChI=1S/C19H27NO/c21-19-9-5-4-8-18(19)20-16-10-11-17(20)13-15(12-16)14-6-2-1-3-7-14/h1-3,6-7,15-19,21H,4-5,8-13H2/t16-,17-,18+,19+/m0/s1. The van der Waals surface area contributed by atoms with E-state index in [4.69, 9.17) is 0 Å². The molecule has 2 saturated heterocycles. The van der Waals surface area contributed by atoms with Gasteiger partial charge in [0.25, 0.3) is 0 Å². The van der Waals surface area contributed by atoms with Crippen molar-refractivity contribution >= 4 is 0 Å². The first-order chi connectivity index (χ1) is 10.3. The van der Waals surface area contributed by atoms with Gasteiger partial charge < -0.3 is 5.11 Å². The minimum absolute atomic E-state index is 0.0740. The Kier molecular flexibility index (Phi) is 3.76. The normalized spacial score (nSPS) is 40.3. The fourth-order valence-electron chi connectivity index (χ4n) is 5.19. The number of piperidine rings is 1. The zero-order valence-corrected chi connectivity index (χ0v) is 12.8. The van der Waals surface area contributed by atoms with E-state index in [9.17, 15) is 5.11 Å². The fraction of sp³-hybridized carbons (Fsp3) is 0.684. The molecule has 114 valence electrons. The molecule has 0 radical (unpaired) electrons. The second kappa shape index (κ2) is 5.73. The van der Waals surface area contributed by atoms with Gasteiger partial charge in [0.1, 0.15) is 0 Å². The molecule has 3 fully saturated rings. The van der Waals surface area contributed by atoms with Crippen molar-refractivity contribution in [2.45, 2.75) is 81.5 Å². The maximum absolute atomic E-state index is 10.4. The molecule has 0 unspecified atom stereocenters. The molecule has 2 aliphatic heterocycles. The average Bonchev–Trinajstić information content (AvgIpc) is 2.78. The molecule has 4 atom stereocenters. The molecule has 21 heavy (non-hydrogen) atoms. The Morgan fingerprint density at radius 2 is 1.52 bits per heavy atom. The number of rotatable bonds is 2. The average molecular weight is 285 g/mol. The maximum atomic E-state index is 10.4. The third-order valence-electron chi connectivity index (χ3n) is 6.14. The minimum atomic E-state index is -0.0740. The van der Waals surface area contributed by atoms with Crippen molar-refractivity contribution in [2.75, 3.05) is 0 Å². The number of hydrogen-bond acceptors (Lipinski definition) is 2. The van der Waals surface area contributed by atoms with E-state index >= 15 is 0 Å². The molecule has 1 aromatic carbocycles. The number of benzene rings is 1. The molecule has 2 heteroatoms. The first-order valence-electron chi connectivity index (χ1n) is 8.83. The summed E-state index contributed by atoms with van der Waals surface area (Å²) in [6.07, 6.45) is 9.96. The molecular formula is C19H27NO. The fourth-order valence-corrected chi connectivity index (χ4v) is 5.19. The first kappa shape index (κ1) is 13.8. The van der Waals surface area contributed by atoms with Crippen molar-refractivity contribution in [3.05, 3.63) is 35.9 Å². The molecular weight excluding hydrogens is 258 g/mol. The summed E-state index contributed by atoms with van der Waals surface area (Å²) in [7, 11) is 0. The molecule has 1 aliphatic carbocycles. The van der Waals surface area contributed by atoms with Gasteiger partial charge >= 0.3 is 0 Å². The van der Waals surface area contributed by atoms with Crippen LogP contribution in [0.5, 0.6) is 0 Å². The second-order valence-electron chi connectivity index (χ2n) is 7.33. The van der Waals surface area contributed by atoms with Crippen LogP contribution in [0.2, 0.25) is 0 Å². The predicted octanol–water partition coefficient (Wildman–Crippen LogP) is 3.70. The van der Waals surface area contributed by atoms with Gasteiger partial charge in [0, 0.05) is 18.1 Å². The van der Waals surface area contributed by atoms with Gasteiger partial charge in [-0.3, -0.25) is 4.90 Å². The van der Waals surface area contributed by atoms with Gasteiger partial charge in [0.2, 0.25) is 0 Å². The van der Waals surface area contributed by atoms with E-state index in [-0.39, 0.29) is 6.10 Å². The van der Waals surface area contributed by atoms with Crippen molar-refractivity contribution in [1.29, 1.82) is 0 Å². The van der Waals surface area contributed by atoms with Gasteiger partial charge in [-0.15, -0.1) is 0 Å². The highest BCUT2D eigenvalue weighted by Gasteiger charge is 2.46. The van der Waals surface area contributed by atoms with Crippen LogP contribution in [0.1, 0.15) is 62.8 Å². The Morgan fingerprint density at radius 3 is 2.19 bits per heavy atom. The summed E-state index contributed by atoms with van der Waals surface area (Å²) in [5.74, 6) is 0.737. The Hall–Kier alpha value is -0.860. The van der Waals surface area contributed by atoms with Crippen LogP contribution >= 0.6 is 0 Å². The monoisotopic (exact) mass is 285 g/mol. The van der Waals surface area contributed by atoms with Crippen molar-refractivity contribution in [3.8, 4) is 0 Å². The number of nitrogens with zero attached hydrogens (tertiary/aromatic N) is 1. The van der Waals surface area contributed by atoms with Crippen LogP contribution in [0.25, 0.3) is 0 Å². The molecule has 0 spiro atoms. The molecule has 1 aromatic rings. The lowest BCUT2D eigenvalue weighted by molar-refractivity contribution is -0.0233. The molecule has 2 bridgehead atoms. The lowest BCUT2D eigenvalue weighted by Crippen LogP contribution is -2.53. The highest BCUT2D eigenvalue weighted by atomic mass is 16.3. The van der Waals surface area contributed by atoms with Gasteiger partial charge in [-0.2, -0.15) is 0 Å². The van der Waals surface area contributed by atoms with Gasteiger partial charge in [-0.25, -0.2) is 0 Å². The van der Waals surface area contributed by atoms with Crippen LogP contribution in [-0.4, -0.2) is 34.2 Å². The predicted molar refractivity (Wildman–Crippen MR) is 85.3 cm³/mol. The maximum Gasteiger partial charge on any atom is 0.0695 e. The summed E-state index contributed by atoms with van der Waals surface area (Å²) in [5, 5.41) is 10.4. The van der Waals surface area contributed by atoms with E-state index < -0.39 is 0 Å². The van der Waals surface area contributed by atoms with Crippen molar-refractivity contribution < 1.29 is 5.11 Å². The molecule has 3 aliphatic rings. The highest BCUT2D eigenvalue weighted by molar-refractivity contribution is 5.22. The smallest absolute Gasteiger partial charge is 0.0695 e. The number of aliphatic hydroxyl groups excluding tert-OH is 1. The zero-order valence-electron chi connectivity index (χ0n) is 12.8. The summed E-state index contributed by atoms with van der Waals surface area (Å²) < 4.78 is 0. The topological polar surface area (TPSA) is 23.5 Å². The largest absolute Gasteiger partial charge is 0.391 e. The Labute approximate surface area is 128 Å². The van der Waals surface area contributed by atoms with Gasteiger partial charge in [0.05, 0.1) is 6.10 Å². The van der Waals surface area contributed by atoms with Crippen LogP contribution in [0.3, 0.4) is 0 Å². The zero-order chi connectivity index (χ0) is 14.2. The Bertz CT molecular complexity index is 460. The van der Waals surface area contributed by atoms with E-state index in [0.29, 0.717) is 18.1 Å². The van der Waals surface area contributed by atoms with Gasteiger partial charge in [-0.05, 0) is 50.0 Å². The van der Waals surface area contributed by atoms with Crippen molar-refractivity contribution in [2.24, 2.45) is 0 Å². The van der Waals surface area contributed by atoms with E-state index in [1.54, 1.807) is 0 Å². The van der Waals surface area contributed by atoms with E-state index in [2.05, 4.69) is 35.2 Å².